The maximum atomic E-state index is 6.06. The maximum absolute atomic E-state index is 6.06. The summed E-state index contributed by atoms with van der Waals surface area (Å²) in [7, 11) is 0. The fourth-order valence-corrected chi connectivity index (χ4v) is 5.17. The molecular weight excluding hydrogens is 454 g/mol. The number of hydrogen-bond acceptors (Lipinski definition) is 2. The fraction of sp³-hybridized carbons (Fsp3) is 0.0588. The molecule has 5 rings (SSSR count). The molecule has 0 aromatic heterocycles. The van der Waals surface area contributed by atoms with E-state index in [0.29, 0.717) is 0 Å². The van der Waals surface area contributed by atoms with Gasteiger partial charge in [0, 0.05) is 16.3 Å². The summed E-state index contributed by atoms with van der Waals surface area (Å²) in [4.78, 5) is 1.13. The van der Waals surface area contributed by atoms with Crippen LogP contribution in [0.3, 0.4) is 0 Å². The lowest BCUT2D eigenvalue weighted by Gasteiger charge is -2.09. The second kappa shape index (κ2) is 10.7. The van der Waals surface area contributed by atoms with Gasteiger partial charge in [-0.2, -0.15) is 0 Å². The number of nitrogens with two attached hydrogens (primary N) is 1. The highest BCUT2D eigenvalue weighted by Crippen LogP contribution is 2.30. The molecular formula is C34H29NS. The van der Waals surface area contributed by atoms with Gasteiger partial charge in [0.25, 0.3) is 0 Å². The Morgan fingerprint density at radius 3 is 1.64 bits per heavy atom. The first kappa shape index (κ1) is 23.7. The van der Waals surface area contributed by atoms with Gasteiger partial charge in [0.2, 0.25) is 0 Å². The summed E-state index contributed by atoms with van der Waals surface area (Å²) < 4.78 is 0. The van der Waals surface area contributed by atoms with Gasteiger partial charge in [-0.3, -0.25) is 0 Å². The highest BCUT2D eigenvalue weighted by atomic mass is 32.2. The molecule has 176 valence electrons. The van der Waals surface area contributed by atoms with E-state index in [4.69, 9.17) is 5.73 Å². The molecule has 0 aliphatic rings. The van der Waals surface area contributed by atoms with Crippen LogP contribution in [0.25, 0.3) is 39.0 Å². The average molecular weight is 484 g/mol. The molecule has 0 bridgehead atoms. The van der Waals surface area contributed by atoms with Crippen LogP contribution in [0.5, 0.6) is 0 Å². The Morgan fingerprint density at radius 1 is 0.611 bits per heavy atom. The van der Waals surface area contributed by atoms with E-state index in [2.05, 4.69) is 110 Å². The monoisotopic (exact) mass is 483 g/mol. The summed E-state index contributed by atoms with van der Waals surface area (Å²) in [5, 5.41) is 0. The Bertz CT molecular complexity index is 1480. The third-order valence-electron chi connectivity index (χ3n) is 6.39. The first-order valence-electron chi connectivity index (χ1n) is 12.1. The first-order chi connectivity index (χ1) is 17.6. The van der Waals surface area contributed by atoms with Crippen molar-refractivity contribution in [3.05, 3.63) is 139 Å². The van der Waals surface area contributed by atoms with Gasteiger partial charge in [-0.1, -0.05) is 115 Å². The molecule has 0 unspecified atom stereocenters. The molecule has 0 fully saturated rings. The van der Waals surface area contributed by atoms with E-state index < -0.39 is 0 Å². The van der Waals surface area contributed by atoms with Crippen molar-refractivity contribution in [2.24, 2.45) is 0 Å². The SMILES string of the molecule is C=C(C)c1cccc(-c2ccc(-c3ccc(-c4ccc(CSc5ccccc5N)cc4)cc3)cc2)c1. The van der Waals surface area contributed by atoms with Crippen LogP contribution in [0.4, 0.5) is 5.69 Å². The second-order valence-electron chi connectivity index (χ2n) is 9.04. The normalized spacial score (nSPS) is 10.8. The number of allylic oxidation sites excluding steroid dienone is 1. The lowest BCUT2D eigenvalue weighted by molar-refractivity contribution is 1.38. The molecule has 0 spiro atoms. The highest BCUT2D eigenvalue weighted by molar-refractivity contribution is 7.98. The summed E-state index contributed by atoms with van der Waals surface area (Å²) in [6.45, 7) is 6.11. The third-order valence-corrected chi connectivity index (χ3v) is 7.55. The van der Waals surface area contributed by atoms with Crippen molar-refractivity contribution < 1.29 is 0 Å². The Kier molecular flexibility index (Phi) is 7.06. The molecule has 2 N–H and O–H groups in total. The van der Waals surface area contributed by atoms with Gasteiger partial charge in [-0.25, -0.2) is 0 Å². The fourth-order valence-electron chi connectivity index (χ4n) is 4.24. The van der Waals surface area contributed by atoms with E-state index in [-0.39, 0.29) is 0 Å². The molecule has 5 aromatic carbocycles. The van der Waals surface area contributed by atoms with Gasteiger partial charge < -0.3 is 5.73 Å². The summed E-state index contributed by atoms with van der Waals surface area (Å²) >= 11 is 1.77. The largest absolute Gasteiger partial charge is 0.398 e. The molecule has 2 heteroatoms. The Morgan fingerprint density at radius 2 is 1.11 bits per heavy atom. The van der Waals surface area contributed by atoms with Crippen LogP contribution in [0, 0.1) is 0 Å². The summed E-state index contributed by atoms with van der Waals surface area (Å²) in [5.41, 5.74) is 17.8. The van der Waals surface area contributed by atoms with E-state index >= 15 is 0 Å². The average Bonchev–Trinajstić information content (AvgIpc) is 2.93. The van der Waals surface area contributed by atoms with Crippen LogP contribution in [-0.2, 0) is 5.75 Å². The van der Waals surface area contributed by atoms with Gasteiger partial charge in [0.15, 0.2) is 0 Å². The Labute approximate surface area is 218 Å². The molecule has 0 radical (unpaired) electrons. The number of benzene rings is 5. The van der Waals surface area contributed by atoms with Gasteiger partial charge in [0.05, 0.1) is 0 Å². The van der Waals surface area contributed by atoms with Crippen molar-refractivity contribution in [3.8, 4) is 33.4 Å². The maximum Gasteiger partial charge on any atom is 0.0452 e. The zero-order chi connectivity index (χ0) is 24.9. The minimum absolute atomic E-state index is 0.839. The standard InChI is InChI=1S/C34H29NS/c1-24(2)31-6-5-7-32(22-31)30-20-18-29(19-21-30)28-16-14-27(15-17-28)26-12-10-25(11-13-26)23-36-34-9-4-3-8-33(34)35/h3-22H,1,23,35H2,2H3. The number of nitrogen functional groups attached to an aromatic ring is 1. The van der Waals surface area contributed by atoms with Crippen LogP contribution < -0.4 is 5.73 Å². The van der Waals surface area contributed by atoms with Gasteiger partial charge in [0.1, 0.15) is 0 Å². The van der Waals surface area contributed by atoms with Crippen molar-refractivity contribution >= 4 is 23.0 Å². The Hall–Kier alpha value is -4.01. The molecule has 0 saturated heterocycles. The van der Waals surface area contributed by atoms with Crippen LogP contribution >= 0.6 is 11.8 Å². The predicted molar refractivity (Wildman–Crippen MR) is 158 cm³/mol. The number of para-hydroxylation sites is 1. The molecule has 0 heterocycles. The van der Waals surface area contributed by atoms with Gasteiger partial charge >= 0.3 is 0 Å². The van der Waals surface area contributed by atoms with Crippen LogP contribution in [0.2, 0.25) is 0 Å². The zero-order valence-electron chi connectivity index (χ0n) is 20.4. The number of anilines is 1. The molecule has 0 aliphatic heterocycles. The minimum atomic E-state index is 0.839. The quantitative estimate of drug-likeness (QED) is 0.184. The van der Waals surface area contributed by atoms with Gasteiger partial charge in [-0.05, 0) is 69.6 Å². The van der Waals surface area contributed by atoms with Crippen molar-refractivity contribution in [1.29, 1.82) is 0 Å². The van der Waals surface area contributed by atoms with E-state index in [1.807, 2.05) is 25.1 Å². The van der Waals surface area contributed by atoms with E-state index in [0.717, 1.165) is 21.9 Å². The molecule has 0 amide bonds. The highest BCUT2D eigenvalue weighted by Gasteiger charge is 2.05. The predicted octanol–water partition coefficient (Wildman–Crippen LogP) is 9.60. The minimum Gasteiger partial charge on any atom is -0.398 e. The lowest BCUT2D eigenvalue weighted by atomic mass is 9.96. The molecule has 5 aromatic rings. The lowest BCUT2D eigenvalue weighted by Crippen LogP contribution is -1.88. The van der Waals surface area contributed by atoms with E-state index in [1.165, 1.54) is 44.5 Å². The smallest absolute Gasteiger partial charge is 0.0452 e. The summed E-state index contributed by atoms with van der Waals surface area (Å²) in [5.74, 6) is 0.904. The Balaban J connectivity index is 1.26. The van der Waals surface area contributed by atoms with Gasteiger partial charge in [-0.15, -0.1) is 11.8 Å². The number of hydrogen-bond donors (Lipinski definition) is 1. The van der Waals surface area contributed by atoms with Crippen molar-refractivity contribution in [2.45, 2.75) is 17.6 Å². The second-order valence-corrected chi connectivity index (χ2v) is 10.1. The van der Waals surface area contributed by atoms with E-state index in [9.17, 15) is 0 Å². The zero-order valence-corrected chi connectivity index (χ0v) is 21.3. The van der Waals surface area contributed by atoms with Crippen molar-refractivity contribution in [3.63, 3.8) is 0 Å². The summed E-state index contributed by atoms with van der Waals surface area (Å²) in [6, 6.07) is 43.0. The molecule has 36 heavy (non-hydrogen) atoms. The summed E-state index contributed by atoms with van der Waals surface area (Å²) in [6.07, 6.45) is 0. The third kappa shape index (κ3) is 5.45. The molecule has 0 atom stereocenters. The molecule has 1 nitrogen and oxygen atoms in total. The molecule has 0 aliphatic carbocycles. The van der Waals surface area contributed by atoms with Crippen LogP contribution in [-0.4, -0.2) is 0 Å². The topological polar surface area (TPSA) is 26.0 Å². The first-order valence-corrected chi connectivity index (χ1v) is 13.1. The number of rotatable bonds is 7. The van der Waals surface area contributed by atoms with Crippen molar-refractivity contribution in [1.82, 2.24) is 0 Å². The van der Waals surface area contributed by atoms with Crippen molar-refractivity contribution in [2.75, 3.05) is 5.73 Å². The van der Waals surface area contributed by atoms with Crippen LogP contribution in [0.1, 0.15) is 18.1 Å². The number of thioether (sulfide) groups is 1. The van der Waals surface area contributed by atoms with E-state index in [1.54, 1.807) is 11.8 Å². The molecule has 0 saturated carbocycles. The van der Waals surface area contributed by atoms with Crippen LogP contribution in [0.15, 0.2) is 133 Å².